The number of alkyl halides is 3. The zero-order valence-electron chi connectivity index (χ0n) is 15.7. The number of nitrogens with zero attached hydrogens (tertiary/aromatic N) is 3. The van der Waals surface area contributed by atoms with Gasteiger partial charge in [-0.2, -0.15) is 13.2 Å². The molecule has 0 bridgehead atoms. The molecular formula is C17H26F3IN4O2S. The number of aromatic nitrogens is 1. The third kappa shape index (κ3) is 6.42. The average Bonchev–Trinajstić information content (AvgIpc) is 3.33. The molecule has 2 atom stereocenters. The fourth-order valence-corrected chi connectivity index (χ4v) is 4.02. The van der Waals surface area contributed by atoms with Crippen LogP contribution < -0.4 is 5.32 Å². The molecule has 11 heteroatoms. The molecule has 0 spiro atoms. The summed E-state index contributed by atoms with van der Waals surface area (Å²) in [6, 6.07) is 0. The van der Waals surface area contributed by atoms with Crippen molar-refractivity contribution < 1.29 is 22.6 Å². The van der Waals surface area contributed by atoms with Crippen LogP contribution in [-0.4, -0.2) is 67.4 Å². The Kier molecular flexibility index (Phi) is 9.22. The molecule has 3 heterocycles. The minimum absolute atomic E-state index is 0. The summed E-state index contributed by atoms with van der Waals surface area (Å²) in [5.74, 6) is 0.761. The summed E-state index contributed by atoms with van der Waals surface area (Å²) in [4.78, 5) is 10.4. The Morgan fingerprint density at radius 1 is 1.36 bits per heavy atom. The van der Waals surface area contributed by atoms with Crippen molar-refractivity contribution in [1.29, 1.82) is 0 Å². The fraction of sp³-hybridized carbons (Fsp3) is 0.765. The monoisotopic (exact) mass is 534 g/mol. The number of hydrogen-bond acceptors (Lipinski definition) is 5. The highest BCUT2D eigenvalue weighted by Gasteiger charge is 2.34. The van der Waals surface area contributed by atoms with Crippen LogP contribution >= 0.6 is 35.3 Å². The van der Waals surface area contributed by atoms with Crippen molar-refractivity contribution in [2.45, 2.75) is 44.6 Å². The summed E-state index contributed by atoms with van der Waals surface area (Å²) in [7, 11) is 0. The summed E-state index contributed by atoms with van der Waals surface area (Å²) in [6.45, 7) is 5.91. The largest absolute Gasteiger partial charge is 0.434 e. The van der Waals surface area contributed by atoms with E-state index in [4.69, 9.17) is 9.47 Å². The van der Waals surface area contributed by atoms with Gasteiger partial charge in [0, 0.05) is 44.6 Å². The number of aliphatic imine (C=N–C) groups is 1. The lowest BCUT2D eigenvalue weighted by Crippen LogP contribution is -2.53. The lowest BCUT2D eigenvalue weighted by molar-refractivity contribution is -0.140. The number of guanidine groups is 1. The van der Waals surface area contributed by atoms with Crippen molar-refractivity contribution >= 4 is 41.3 Å². The Hall–Kier alpha value is -0.660. The summed E-state index contributed by atoms with van der Waals surface area (Å²) in [5.41, 5.74) is -0.828. The maximum Gasteiger partial charge on any atom is 0.434 e. The zero-order valence-corrected chi connectivity index (χ0v) is 18.9. The predicted octanol–water partition coefficient (Wildman–Crippen LogP) is 3.17. The Morgan fingerprint density at radius 2 is 2.14 bits per heavy atom. The molecule has 0 aromatic carbocycles. The third-order valence-electron chi connectivity index (χ3n) is 4.54. The standard InChI is InChI=1S/C17H25F3N4O2S.HI/c1-2-21-16(22-6-5-15-23-14(11-27-15)17(18,19)20)24-7-9-26-13(10-24)12-4-3-8-25-12;/h11-13H,2-10H2,1H3,(H,21,22);1H. The van der Waals surface area contributed by atoms with Gasteiger partial charge in [-0.3, -0.25) is 4.99 Å². The highest BCUT2D eigenvalue weighted by molar-refractivity contribution is 14.0. The first kappa shape index (κ1) is 23.6. The van der Waals surface area contributed by atoms with E-state index in [-0.39, 0.29) is 36.2 Å². The van der Waals surface area contributed by atoms with Gasteiger partial charge in [0.25, 0.3) is 0 Å². The third-order valence-corrected chi connectivity index (χ3v) is 5.45. The van der Waals surface area contributed by atoms with Crippen molar-refractivity contribution in [2.75, 3.05) is 39.4 Å². The van der Waals surface area contributed by atoms with Crippen LogP contribution in [0.15, 0.2) is 10.4 Å². The SMILES string of the molecule is CCNC(=NCCc1nc(C(F)(F)F)cs1)N1CCOC(C2CCCO2)C1.I. The van der Waals surface area contributed by atoms with Crippen LogP contribution in [0.25, 0.3) is 0 Å². The van der Waals surface area contributed by atoms with Gasteiger partial charge in [-0.05, 0) is 19.8 Å². The minimum Gasteiger partial charge on any atom is -0.375 e. The van der Waals surface area contributed by atoms with E-state index in [1.54, 1.807) is 0 Å². The smallest absolute Gasteiger partial charge is 0.375 e. The Bertz CT molecular complexity index is 638. The Labute approximate surface area is 183 Å². The Balaban J connectivity index is 0.00000280. The minimum atomic E-state index is -4.39. The molecule has 160 valence electrons. The molecule has 2 saturated heterocycles. The quantitative estimate of drug-likeness (QED) is 0.358. The highest BCUT2D eigenvalue weighted by Crippen LogP contribution is 2.30. The van der Waals surface area contributed by atoms with Crippen LogP contribution in [0, 0.1) is 0 Å². The van der Waals surface area contributed by atoms with E-state index in [0.29, 0.717) is 31.1 Å². The van der Waals surface area contributed by atoms with Gasteiger partial charge in [0.1, 0.15) is 6.10 Å². The molecule has 0 aliphatic carbocycles. The molecule has 0 saturated carbocycles. The van der Waals surface area contributed by atoms with Crippen LogP contribution in [0.1, 0.15) is 30.5 Å². The van der Waals surface area contributed by atoms with Gasteiger partial charge in [-0.25, -0.2) is 4.98 Å². The second kappa shape index (κ2) is 10.9. The number of rotatable bonds is 5. The second-order valence-corrected chi connectivity index (χ2v) is 7.46. The van der Waals surface area contributed by atoms with Gasteiger partial charge in [0.15, 0.2) is 11.7 Å². The van der Waals surface area contributed by atoms with Crippen LogP contribution in [0.5, 0.6) is 0 Å². The summed E-state index contributed by atoms with van der Waals surface area (Å²) in [5, 5.41) is 4.76. The highest BCUT2D eigenvalue weighted by atomic mass is 127. The number of thiazole rings is 1. The van der Waals surface area contributed by atoms with Crippen LogP contribution in [0.2, 0.25) is 0 Å². The molecule has 2 unspecified atom stereocenters. The molecule has 2 fully saturated rings. The molecule has 3 rings (SSSR count). The summed E-state index contributed by atoms with van der Waals surface area (Å²) >= 11 is 1.02. The molecule has 2 aliphatic heterocycles. The van der Waals surface area contributed by atoms with E-state index >= 15 is 0 Å². The van der Waals surface area contributed by atoms with Gasteiger partial charge in [0.2, 0.25) is 0 Å². The number of hydrogen-bond donors (Lipinski definition) is 1. The maximum absolute atomic E-state index is 12.6. The van der Waals surface area contributed by atoms with Crippen molar-refractivity contribution in [3.63, 3.8) is 0 Å². The average molecular weight is 534 g/mol. The van der Waals surface area contributed by atoms with Crippen molar-refractivity contribution in [1.82, 2.24) is 15.2 Å². The normalized spacial score (nSPS) is 23.6. The second-order valence-electron chi connectivity index (χ2n) is 6.52. The molecule has 1 aromatic heterocycles. The lowest BCUT2D eigenvalue weighted by Gasteiger charge is -2.37. The number of halogens is 4. The van der Waals surface area contributed by atoms with E-state index in [9.17, 15) is 13.2 Å². The molecule has 28 heavy (non-hydrogen) atoms. The van der Waals surface area contributed by atoms with Crippen molar-refractivity contribution in [3.8, 4) is 0 Å². The molecule has 2 aliphatic rings. The molecule has 0 radical (unpaired) electrons. The van der Waals surface area contributed by atoms with Gasteiger partial charge in [0.05, 0.1) is 17.7 Å². The van der Waals surface area contributed by atoms with Crippen LogP contribution in [-0.2, 0) is 22.1 Å². The molecule has 6 nitrogen and oxygen atoms in total. The van der Waals surface area contributed by atoms with E-state index in [1.807, 2.05) is 6.92 Å². The van der Waals surface area contributed by atoms with Crippen LogP contribution in [0.3, 0.4) is 0 Å². The number of nitrogens with one attached hydrogen (secondary N) is 1. The van der Waals surface area contributed by atoms with E-state index < -0.39 is 11.9 Å². The molecule has 1 N–H and O–H groups in total. The van der Waals surface area contributed by atoms with E-state index in [1.165, 1.54) is 0 Å². The van der Waals surface area contributed by atoms with Gasteiger partial charge >= 0.3 is 6.18 Å². The number of morpholine rings is 1. The first-order valence-corrected chi connectivity index (χ1v) is 10.1. The molecular weight excluding hydrogens is 508 g/mol. The fourth-order valence-electron chi connectivity index (χ4n) is 3.23. The van der Waals surface area contributed by atoms with Gasteiger partial charge in [-0.1, -0.05) is 0 Å². The van der Waals surface area contributed by atoms with Gasteiger partial charge < -0.3 is 19.7 Å². The first-order valence-electron chi connectivity index (χ1n) is 9.25. The molecule has 1 aromatic rings. The summed E-state index contributed by atoms with van der Waals surface area (Å²) < 4.78 is 49.5. The molecule has 0 amide bonds. The lowest BCUT2D eigenvalue weighted by atomic mass is 10.1. The van der Waals surface area contributed by atoms with Gasteiger partial charge in [-0.15, -0.1) is 35.3 Å². The Morgan fingerprint density at radius 3 is 2.79 bits per heavy atom. The zero-order chi connectivity index (χ0) is 19.3. The van der Waals surface area contributed by atoms with Crippen molar-refractivity contribution in [3.05, 3.63) is 16.1 Å². The maximum atomic E-state index is 12.6. The first-order chi connectivity index (χ1) is 13.0. The number of ether oxygens (including phenoxy) is 2. The van der Waals surface area contributed by atoms with E-state index in [0.717, 1.165) is 55.2 Å². The topological polar surface area (TPSA) is 59.0 Å². The predicted molar refractivity (Wildman–Crippen MR) is 113 cm³/mol. The van der Waals surface area contributed by atoms with E-state index in [2.05, 4.69) is 20.2 Å². The summed E-state index contributed by atoms with van der Waals surface area (Å²) in [6.07, 6.45) is -1.78. The van der Waals surface area contributed by atoms with Crippen molar-refractivity contribution in [2.24, 2.45) is 4.99 Å². The van der Waals surface area contributed by atoms with Crippen LogP contribution in [0.4, 0.5) is 13.2 Å².